The van der Waals surface area contributed by atoms with Gasteiger partial charge >= 0.3 is 0 Å². The van der Waals surface area contributed by atoms with Gasteiger partial charge < -0.3 is 0 Å². The Bertz CT molecular complexity index is 469. The van der Waals surface area contributed by atoms with E-state index in [9.17, 15) is 8.78 Å². The lowest BCUT2D eigenvalue weighted by Gasteiger charge is -2.00. The fourth-order valence-electron chi connectivity index (χ4n) is 0.996. The topological polar surface area (TPSA) is 30.7 Å². The second kappa shape index (κ2) is 3.45. The van der Waals surface area contributed by atoms with E-state index in [-0.39, 0.29) is 5.82 Å². The second-order valence-electron chi connectivity index (χ2n) is 2.54. The van der Waals surface area contributed by atoms with Crippen molar-refractivity contribution in [2.75, 3.05) is 0 Å². The van der Waals surface area contributed by atoms with Gasteiger partial charge in [-0.25, -0.2) is 18.4 Å². The summed E-state index contributed by atoms with van der Waals surface area (Å²) in [6.45, 7) is 0. The van der Waals surface area contributed by atoms with Crippen molar-refractivity contribution in [1.82, 2.24) is 14.8 Å². The minimum atomic E-state index is -0.749. The number of aromatic nitrogens is 3. The minimum Gasteiger partial charge on any atom is -0.231 e. The first-order valence-corrected chi connectivity index (χ1v) is 4.49. The van der Waals surface area contributed by atoms with Crippen molar-refractivity contribution < 1.29 is 8.78 Å². The van der Waals surface area contributed by atoms with Crippen LogP contribution >= 0.6 is 15.9 Å². The fourth-order valence-corrected chi connectivity index (χ4v) is 1.28. The quantitative estimate of drug-likeness (QED) is 0.787. The largest absolute Gasteiger partial charge is 0.231 e. The van der Waals surface area contributed by atoms with Crippen molar-refractivity contribution in [2.45, 2.75) is 0 Å². The molecule has 0 spiro atoms. The first-order chi connectivity index (χ1) is 6.66. The minimum absolute atomic E-state index is 0.0305. The predicted molar refractivity (Wildman–Crippen MR) is 49.0 cm³/mol. The molecule has 0 aliphatic heterocycles. The van der Waals surface area contributed by atoms with Gasteiger partial charge in [-0.3, -0.25) is 0 Å². The van der Waals surface area contributed by atoms with E-state index < -0.39 is 11.6 Å². The molecule has 0 amide bonds. The van der Waals surface area contributed by atoms with Crippen molar-refractivity contribution in [3.8, 4) is 5.82 Å². The van der Waals surface area contributed by atoms with Gasteiger partial charge in [0.05, 0.1) is 6.20 Å². The van der Waals surface area contributed by atoms with Crippen LogP contribution in [0, 0.1) is 11.6 Å². The van der Waals surface area contributed by atoms with Crippen molar-refractivity contribution in [3.63, 3.8) is 0 Å². The summed E-state index contributed by atoms with van der Waals surface area (Å²) in [6, 6.07) is 2.39. The maximum absolute atomic E-state index is 13.2. The van der Waals surface area contributed by atoms with Crippen LogP contribution in [0.3, 0.4) is 0 Å². The number of hydrogen-bond acceptors (Lipinski definition) is 2. The van der Waals surface area contributed by atoms with Gasteiger partial charge in [0, 0.05) is 12.3 Å². The zero-order chi connectivity index (χ0) is 10.1. The van der Waals surface area contributed by atoms with E-state index in [4.69, 9.17) is 0 Å². The first-order valence-electron chi connectivity index (χ1n) is 3.69. The summed E-state index contributed by atoms with van der Waals surface area (Å²) in [5.41, 5.74) is 0. The van der Waals surface area contributed by atoms with Gasteiger partial charge in [0.1, 0.15) is 10.4 Å². The Kier molecular flexibility index (Phi) is 2.28. The molecule has 2 aromatic rings. The molecule has 0 saturated heterocycles. The number of nitrogens with zero attached hydrogens (tertiary/aromatic N) is 3. The lowest BCUT2D eigenvalue weighted by atomic mass is 10.4. The highest BCUT2D eigenvalue weighted by molar-refractivity contribution is 9.10. The molecule has 0 aromatic carbocycles. The van der Waals surface area contributed by atoms with Crippen molar-refractivity contribution in [2.24, 2.45) is 0 Å². The molecule has 0 saturated carbocycles. The Labute approximate surface area is 86.5 Å². The first kappa shape index (κ1) is 9.26. The third-order valence-electron chi connectivity index (χ3n) is 1.56. The Morgan fingerprint density at radius 1 is 1.36 bits per heavy atom. The van der Waals surface area contributed by atoms with E-state index in [1.165, 1.54) is 10.9 Å². The zero-order valence-corrected chi connectivity index (χ0v) is 8.37. The molecule has 0 bridgehead atoms. The predicted octanol–water partition coefficient (Wildman–Crippen LogP) is 2.31. The number of halogens is 3. The monoisotopic (exact) mass is 259 g/mol. The lowest BCUT2D eigenvalue weighted by molar-refractivity contribution is 0.560. The van der Waals surface area contributed by atoms with Crippen LogP contribution in [-0.4, -0.2) is 14.8 Å². The van der Waals surface area contributed by atoms with Crippen molar-refractivity contribution >= 4 is 15.9 Å². The van der Waals surface area contributed by atoms with Crippen LogP contribution in [0.25, 0.3) is 5.82 Å². The number of hydrogen-bond donors (Lipinski definition) is 0. The third kappa shape index (κ3) is 1.65. The van der Waals surface area contributed by atoms with E-state index >= 15 is 0 Å². The molecule has 2 aromatic heterocycles. The smallest absolute Gasteiger partial charge is 0.189 e. The van der Waals surface area contributed by atoms with Gasteiger partial charge in [-0.1, -0.05) is 0 Å². The second-order valence-corrected chi connectivity index (χ2v) is 3.35. The summed E-state index contributed by atoms with van der Waals surface area (Å²) < 4.78 is 27.5. The average Bonchev–Trinajstić information content (AvgIpc) is 2.51. The molecule has 3 nitrogen and oxygen atoms in total. The number of pyridine rings is 1. The normalized spacial score (nSPS) is 10.5. The molecule has 2 heterocycles. The molecule has 0 aliphatic carbocycles. The van der Waals surface area contributed by atoms with Crippen LogP contribution in [0.5, 0.6) is 0 Å². The molecular formula is C8H4BrF2N3. The summed E-state index contributed by atoms with van der Waals surface area (Å²) in [7, 11) is 0. The molecule has 14 heavy (non-hydrogen) atoms. The Balaban J connectivity index is 2.52. The maximum Gasteiger partial charge on any atom is 0.189 e. The van der Waals surface area contributed by atoms with Gasteiger partial charge in [0.15, 0.2) is 11.6 Å². The molecule has 0 atom stereocenters. The average molecular weight is 260 g/mol. The van der Waals surface area contributed by atoms with Gasteiger partial charge in [0.25, 0.3) is 0 Å². The molecule has 0 unspecified atom stereocenters. The van der Waals surface area contributed by atoms with Gasteiger partial charge in [0.2, 0.25) is 0 Å². The summed E-state index contributed by atoms with van der Waals surface area (Å²) in [5, 5.41) is 3.88. The fraction of sp³-hybridized carbons (Fsp3) is 0. The lowest BCUT2D eigenvalue weighted by Crippen LogP contribution is -2.02. The summed E-state index contributed by atoms with van der Waals surface area (Å²) >= 11 is 3.11. The standard InChI is InChI=1S/C8H4BrF2N3/c9-7-1-2-14(13-7)8-6(11)3-5(10)4-12-8/h1-4H. The molecule has 72 valence electrons. The van der Waals surface area contributed by atoms with E-state index in [2.05, 4.69) is 26.0 Å². The van der Waals surface area contributed by atoms with Gasteiger partial charge in [-0.15, -0.1) is 0 Å². The van der Waals surface area contributed by atoms with Crippen LogP contribution in [-0.2, 0) is 0 Å². The van der Waals surface area contributed by atoms with Gasteiger partial charge in [-0.2, -0.15) is 5.10 Å². The van der Waals surface area contributed by atoms with Crippen LogP contribution in [0.4, 0.5) is 8.78 Å². The molecule has 0 fully saturated rings. The van der Waals surface area contributed by atoms with Crippen molar-refractivity contribution in [3.05, 3.63) is 40.8 Å². The van der Waals surface area contributed by atoms with E-state index in [1.54, 1.807) is 6.07 Å². The highest BCUT2D eigenvalue weighted by atomic mass is 79.9. The summed E-state index contributed by atoms with van der Waals surface area (Å²) in [6.07, 6.45) is 2.46. The highest BCUT2D eigenvalue weighted by Gasteiger charge is 2.08. The SMILES string of the molecule is Fc1cnc(-n2ccc(Br)n2)c(F)c1. The maximum atomic E-state index is 13.2. The van der Waals surface area contributed by atoms with E-state index in [0.29, 0.717) is 4.60 Å². The number of rotatable bonds is 1. The van der Waals surface area contributed by atoms with Crippen LogP contribution < -0.4 is 0 Å². The van der Waals surface area contributed by atoms with Gasteiger partial charge in [-0.05, 0) is 22.0 Å². The highest BCUT2D eigenvalue weighted by Crippen LogP contribution is 2.12. The summed E-state index contributed by atoms with van der Waals surface area (Å²) in [5.74, 6) is -1.49. The van der Waals surface area contributed by atoms with Crippen LogP contribution in [0.2, 0.25) is 0 Å². The van der Waals surface area contributed by atoms with Crippen molar-refractivity contribution in [1.29, 1.82) is 0 Å². The zero-order valence-electron chi connectivity index (χ0n) is 6.78. The molecule has 6 heteroatoms. The molecule has 0 radical (unpaired) electrons. The van der Waals surface area contributed by atoms with E-state index in [0.717, 1.165) is 12.3 Å². The Morgan fingerprint density at radius 2 is 2.14 bits per heavy atom. The molecule has 2 rings (SSSR count). The summed E-state index contributed by atoms with van der Waals surface area (Å²) in [4.78, 5) is 3.59. The van der Waals surface area contributed by atoms with E-state index in [1.807, 2.05) is 0 Å². The van der Waals surface area contributed by atoms with Crippen LogP contribution in [0.1, 0.15) is 0 Å². The third-order valence-corrected chi connectivity index (χ3v) is 1.98. The molecule has 0 N–H and O–H groups in total. The Morgan fingerprint density at radius 3 is 2.71 bits per heavy atom. The van der Waals surface area contributed by atoms with Crippen LogP contribution in [0.15, 0.2) is 29.1 Å². The molecular weight excluding hydrogens is 256 g/mol. The Hall–Kier alpha value is -1.30. The molecule has 0 aliphatic rings.